The highest BCUT2D eigenvalue weighted by Gasteiger charge is 2.29. The maximum absolute atomic E-state index is 6.38. The molecular weight excluding hydrogens is 340 g/mol. The van der Waals surface area contributed by atoms with Crippen molar-refractivity contribution in [3.63, 3.8) is 0 Å². The first-order valence-corrected chi connectivity index (χ1v) is 12.6. The van der Waals surface area contributed by atoms with E-state index >= 15 is 0 Å². The van der Waals surface area contributed by atoms with E-state index in [0.29, 0.717) is 6.61 Å². The van der Waals surface area contributed by atoms with E-state index in [-0.39, 0.29) is 12.0 Å². The van der Waals surface area contributed by atoms with Gasteiger partial charge in [-0.3, -0.25) is 0 Å². The van der Waals surface area contributed by atoms with Crippen LogP contribution in [0.1, 0.15) is 29.6 Å². The highest BCUT2D eigenvalue weighted by atomic mass is 28.4. The van der Waals surface area contributed by atoms with Crippen molar-refractivity contribution in [3.05, 3.63) is 77.6 Å². The third-order valence-corrected chi connectivity index (χ3v) is 5.35. The average Bonchev–Trinajstić information content (AvgIpc) is 2.84. The molecule has 0 aromatic heterocycles. The molecule has 0 aliphatic carbocycles. The molecule has 3 rings (SSSR count). The van der Waals surface area contributed by atoms with Crippen LogP contribution in [0.3, 0.4) is 0 Å². The van der Waals surface area contributed by atoms with Crippen LogP contribution < -0.4 is 4.74 Å². The Morgan fingerprint density at radius 2 is 1.62 bits per heavy atom. The molecule has 0 bridgehead atoms. The Labute approximate surface area is 157 Å². The molecule has 1 aliphatic rings. The van der Waals surface area contributed by atoms with Crippen LogP contribution in [0.2, 0.25) is 19.6 Å². The second-order valence-corrected chi connectivity index (χ2v) is 12.1. The van der Waals surface area contributed by atoms with E-state index < -0.39 is 8.32 Å². The topological polar surface area (TPSA) is 27.7 Å². The summed E-state index contributed by atoms with van der Waals surface area (Å²) in [7, 11) is 0.0415. The molecular formula is C22H28O3Si. The first kappa shape index (κ1) is 18.7. The van der Waals surface area contributed by atoms with Gasteiger partial charge in [0.2, 0.25) is 8.32 Å². The van der Waals surface area contributed by atoms with Gasteiger partial charge in [0.05, 0.1) is 13.2 Å². The van der Waals surface area contributed by atoms with Crippen LogP contribution in [-0.2, 0) is 9.16 Å². The molecule has 3 nitrogen and oxygen atoms in total. The van der Waals surface area contributed by atoms with Crippen molar-refractivity contribution >= 4 is 8.32 Å². The van der Waals surface area contributed by atoms with Gasteiger partial charge >= 0.3 is 0 Å². The van der Waals surface area contributed by atoms with Crippen LogP contribution in [0, 0.1) is 0 Å². The first-order valence-electron chi connectivity index (χ1n) is 9.15. The van der Waals surface area contributed by atoms with Gasteiger partial charge in [-0.25, -0.2) is 0 Å². The summed E-state index contributed by atoms with van der Waals surface area (Å²) in [5, 5.41) is 0. The van der Waals surface area contributed by atoms with Crippen molar-refractivity contribution in [3.8, 4) is 5.75 Å². The van der Waals surface area contributed by atoms with Gasteiger partial charge in [-0.15, -0.1) is 0 Å². The van der Waals surface area contributed by atoms with Crippen molar-refractivity contribution in [2.24, 2.45) is 0 Å². The highest BCUT2D eigenvalue weighted by molar-refractivity contribution is 6.70. The number of benzene rings is 2. The second kappa shape index (κ2) is 8.10. The average molecular weight is 369 g/mol. The quantitative estimate of drug-likeness (QED) is 0.636. The fraction of sp³-hybridized carbons (Fsp3) is 0.364. The zero-order valence-corrected chi connectivity index (χ0v) is 17.1. The van der Waals surface area contributed by atoms with Gasteiger partial charge in [0.25, 0.3) is 0 Å². The Hall–Kier alpha value is -2.04. The van der Waals surface area contributed by atoms with Crippen LogP contribution in [-0.4, -0.2) is 22.0 Å². The molecule has 0 N–H and O–H groups in total. The van der Waals surface area contributed by atoms with E-state index in [1.54, 1.807) is 7.11 Å². The Kier molecular flexibility index (Phi) is 5.84. The lowest BCUT2D eigenvalue weighted by molar-refractivity contribution is 0.0418. The lowest BCUT2D eigenvalue weighted by Crippen LogP contribution is -2.26. The smallest absolute Gasteiger partial charge is 0.241 e. The van der Waals surface area contributed by atoms with E-state index in [1.807, 2.05) is 12.1 Å². The number of hydrogen-bond donors (Lipinski definition) is 0. The zero-order valence-electron chi connectivity index (χ0n) is 16.1. The Balaban J connectivity index is 1.90. The van der Waals surface area contributed by atoms with E-state index in [4.69, 9.17) is 13.9 Å². The molecule has 26 heavy (non-hydrogen) atoms. The van der Waals surface area contributed by atoms with Crippen LogP contribution in [0.5, 0.6) is 5.75 Å². The number of methoxy groups -OCH3 is 1. The summed E-state index contributed by atoms with van der Waals surface area (Å²) in [5.74, 6) is 2.09. The maximum Gasteiger partial charge on any atom is 0.241 e. The van der Waals surface area contributed by atoms with Gasteiger partial charge < -0.3 is 13.9 Å². The third kappa shape index (κ3) is 4.77. The highest BCUT2D eigenvalue weighted by Crippen LogP contribution is 2.40. The van der Waals surface area contributed by atoms with Gasteiger partial charge in [-0.05, 0) is 55.4 Å². The van der Waals surface area contributed by atoms with Gasteiger partial charge in [-0.2, -0.15) is 0 Å². The van der Waals surface area contributed by atoms with E-state index in [0.717, 1.165) is 17.9 Å². The summed E-state index contributed by atoms with van der Waals surface area (Å²) in [6.07, 6.45) is 3.11. The largest absolute Gasteiger partial charge is 0.546 e. The maximum atomic E-state index is 6.38. The standard InChI is InChI=1S/C22H28O3Si/c1-23-19-12-10-18(11-13-19)22-21(17-8-6-5-7-9-17)15-14-20(16-24-22)25-26(2,3)4/h5-14,21-22H,15-16H2,1-4H3/t21-,22-/m0/s1. The summed E-state index contributed by atoms with van der Waals surface area (Å²) in [6, 6.07) is 18.8. The summed E-state index contributed by atoms with van der Waals surface area (Å²) in [6.45, 7) is 7.13. The number of allylic oxidation sites excluding steroid dienone is 1. The Bertz CT molecular complexity index is 732. The lowest BCUT2D eigenvalue weighted by atomic mass is 9.86. The second-order valence-electron chi connectivity index (χ2n) is 7.64. The molecule has 0 spiro atoms. The van der Waals surface area contributed by atoms with Crippen LogP contribution in [0.15, 0.2) is 66.4 Å². The van der Waals surface area contributed by atoms with Crippen molar-refractivity contribution in [1.82, 2.24) is 0 Å². The fourth-order valence-corrected chi connectivity index (χ4v) is 4.26. The predicted molar refractivity (Wildman–Crippen MR) is 108 cm³/mol. The van der Waals surface area contributed by atoms with Crippen molar-refractivity contribution < 1.29 is 13.9 Å². The molecule has 138 valence electrons. The van der Waals surface area contributed by atoms with Crippen LogP contribution in [0.4, 0.5) is 0 Å². The van der Waals surface area contributed by atoms with Crippen molar-refractivity contribution in [1.29, 1.82) is 0 Å². The third-order valence-electron chi connectivity index (χ3n) is 4.48. The monoisotopic (exact) mass is 368 g/mol. The Morgan fingerprint density at radius 3 is 2.23 bits per heavy atom. The van der Waals surface area contributed by atoms with Crippen LogP contribution >= 0.6 is 0 Å². The molecule has 0 saturated heterocycles. The molecule has 0 amide bonds. The molecule has 0 saturated carbocycles. The zero-order chi connectivity index (χ0) is 18.6. The summed E-state index contributed by atoms with van der Waals surface area (Å²) < 4.78 is 17.9. The summed E-state index contributed by atoms with van der Waals surface area (Å²) in [5.41, 5.74) is 2.46. The predicted octanol–water partition coefficient (Wildman–Crippen LogP) is 5.68. The van der Waals surface area contributed by atoms with Gasteiger partial charge in [0.1, 0.15) is 18.1 Å². The van der Waals surface area contributed by atoms with E-state index in [9.17, 15) is 0 Å². The molecule has 0 fully saturated rings. The minimum Gasteiger partial charge on any atom is -0.546 e. The summed E-state index contributed by atoms with van der Waals surface area (Å²) in [4.78, 5) is 0. The Morgan fingerprint density at radius 1 is 0.923 bits per heavy atom. The van der Waals surface area contributed by atoms with Gasteiger partial charge in [0.15, 0.2) is 0 Å². The molecule has 1 aliphatic heterocycles. The number of ether oxygens (including phenoxy) is 2. The van der Waals surface area contributed by atoms with Gasteiger partial charge in [-0.1, -0.05) is 42.5 Å². The molecule has 1 heterocycles. The van der Waals surface area contributed by atoms with Crippen molar-refractivity contribution in [2.75, 3.05) is 13.7 Å². The molecule has 4 heteroatoms. The molecule has 0 unspecified atom stereocenters. The molecule has 2 atom stereocenters. The number of rotatable bonds is 5. The lowest BCUT2D eigenvalue weighted by Gasteiger charge is -2.26. The van der Waals surface area contributed by atoms with E-state index in [2.05, 4.69) is 68.2 Å². The van der Waals surface area contributed by atoms with Crippen LogP contribution in [0.25, 0.3) is 0 Å². The molecule has 2 aromatic rings. The summed E-state index contributed by atoms with van der Waals surface area (Å²) >= 11 is 0. The SMILES string of the molecule is COc1ccc([C@@H]2OCC(O[Si](C)(C)C)=CC[C@H]2c2ccccc2)cc1. The number of hydrogen-bond acceptors (Lipinski definition) is 3. The van der Waals surface area contributed by atoms with Crippen molar-refractivity contribution in [2.45, 2.75) is 38.1 Å². The minimum absolute atomic E-state index is 0.0118. The normalized spacial score (nSPS) is 20.8. The van der Waals surface area contributed by atoms with E-state index in [1.165, 1.54) is 11.1 Å². The first-order chi connectivity index (χ1) is 12.5. The van der Waals surface area contributed by atoms with Gasteiger partial charge in [0, 0.05) is 5.92 Å². The minimum atomic E-state index is -1.65. The fourth-order valence-electron chi connectivity index (χ4n) is 3.33. The molecule has 0 radical (unpaired) electrons. The molecule has 2 aromatic carbocycles.